The summed E-state index contributed by atoms with van der Waals surface area (Å²) in [6.45, 7) is 7.53. The van der Waals surface area contributed by atoms with Crippen LogP contribution in [0.4, 0.5) is 0 Å². The lowest BCUT2D eigenvalue weighted by molar-refractivity contribution is 0.307. The summed E-state index contributed by atoms with van der Waals surface area (Å²) < 4.78 is 0. The van der Waals surface area contributed by atoms with E-state index in [2.05, 4.69) is 16.8 Å². The van der Waals surface area contributed by atoms with Gasteiger partial charge in [-0.2, -0.15) is 0 Å². The summed E-state index contributed by atoms with van der Waals surface area (Å²) in [6.07, 6.45) is 6.78. The largest absolute Gasteiger partial charge is 0.761 e. The normalized spacial score (nSPS) is 18.6. The van der Waals surface area contributed by atoms with Gasteiger partial charge in [-0.15, -0.1) is 0 Å². The summed E-state index contributed by atoms with van der Waals surface area (Å²) >= 11 is 0. The summed E-state index contributed by atoms with van der Waals surface area (Å²) in [5.41, 5.74) is 2.77. The lowest BCUT2D eigenvalue weighted by atomic mass is 10.2. The molecule has 1 aliphatic rings. The van der Waals surface area contributed by atoms with Gasteiger partial charge >= 0.3 is 0 Å². The molecule has 0 saturated carbocycles. The van der Waals surface area contributed by atoms with E-state index in [1.165, 1.54) is 6.20 Å². The van der Waals surface area contributed by atoms with E-state index < -0.39 is 0 Å². The van der Waals surface area contributed by atoms with E-state index in [0.717, 1.165) is 31.9 Å². The monoisotopic (exact) mass is 194 g/mol. The zero-order valence-corrected chi connectivity index (χ0v) is 8.20. The molecule has 78 valence electrons. The smallest absolute Gasteiger partial charge is 0.0381 e. The minimum atomic E-state index is 0.961. The predicted molar refractivity (Wildman–Crippen MR) is 58.4 cm³/mol. The fourth-order valence-corrected chi connectivity index (χ4v) is 1.43. The van der Waals surface area contributed by atoms with Crippen molar-refractivity contribution in [2.45, 2.75) is 0 Å². The third-order valence-corrected chi connectivity index (χ3v) is 2.09. The van der Waals surface area contributed by atoms with Crippen molar-refractivity contribution in [3.8, 4) is 0 Å². The van der Waals surface area contributed by atoms with Crippen LogP contribution in [-0.4, -0.2) is 31.1 Å². The summed E-state index contributed by atoms with van der Waals surface area (Å²) in [6, 6.07) is 0. The highest BCUT2D eigenvalue weighted by Crippen LogP contribution is 2.07. The van der Waals surface area contributed by atoms with Gasteiger partial charge in [0, 0.05) is 31.9 Å². The minimum absolute atomic E-state index is 0.961. The van der Waals surface area contributed by atoms with Gasteiger partial charge in [-0.3, -0.25) is 0 Å². The van der Waals surface area contributed by atoms with Crippen molar-refractivity contribution >= 4 is 0 Å². The average Bonchev–Trinajstić information content (AvgIpc) is 2.25. The van der Waals surface area contributed by atoms with Crippen LogP contribution in [0.1, 0.15) is 0 Å². The van der Waals surface area contributed by atoms with E-state index in [0.29, 0.717) is 0 Å². The van der Waals surface area contributed by atoms with Crippen LogP contribution >= 0.6 is 0 Å². The van der Waals surface area contributed by atoms with E-state index >= 15 is 0 Å². The molecule has 1 fully saturated rings. The summed E-state index contributed by atoms with van der Waals surface area (Å²) in [5.74, 6) is 0. The standard InChI is InChI=1S/C10H16N3O/c1-2-3-10(4-5-12-14)13-8-6-11-7-9-13/h2-5,11-12H,1,6-9H2/q-1/b5-4-,10-3+. The predicted octanol–water partition coefficient (Wildman–Crippen LogP) is 0.563. The first-order valence-corrected chi connectivity index (χ1v) is 4.71. The third kappa shape index (κ3) is 3.24. The molecular weight excluding hydrogens is 178 g/mol. The van der Waals surface area contributed by atoms with Gasteiger partial charge < -0.3 is 20.9 Å². The highest BCUT2D eigenvalue weighted by atomic mass is 16.5. The number of nitrogens with zero attached hydrogens (tertiary/aromatic N) is 1. The Morgan fingerprint density at radius 2 is 2.14 bits per heavy atom. The van der Waals surface area contributed by atoms with Crippen LogP contribution in [0.25, 0.3) is 0 Å². The van der Waals surface area contributed by atoms with E-state index in [9.17, 15) is 5.21 Å². The van der Waals surface area contributed by atoms with Crippen molar-refractivity contribution < 1.29 is 0 Å². The second-order valence-corrected chi connectivity index (χ2v) is 3.02. The molecule has 2 N–H and O–H groups in total. The number of rotatable bonds is 4. The Balaban J connectivity index is 2.60. The molecule has 4 heteroatoms. The summed E-state index contributed by atoms with van der Waals surface area (Å²) in [7, 11) is 0. The van der Waals surface area contributed by atoms with Gasteiger partial charge in [0.05, 0.1) is 0 Å². The Hall–Kier alpha value is -1.26. The van der Waals surface area contributed by atoms with Crippen LogP contribution in [0.15, 0.2) is 36.7 Å². The molecule has 0 bridgehead atoms. The van der Waals surface area contributed by atoms with Gasteiger partial charge in [0.1, 0.15) is 0 Å². The Labute approximate surface area is 84.6 Å². The van der Waals surface area contributed by atoms with Crippen LogP contribution < -0.4 is 10.8 Å². The molecule has 1 aliphatic heterocycles. The van der Waals surface area contributed by atoms with Crippen molar-refractivity contribution in [3.63, 3.8) is 0 Å². The molecule has 0 atom stereocenters. The number of hydroxylamine groups is 1. The van der Waals surface area contributed by atoms with E-state index in [1.807, 2.05) is 6.08 Å². The molecule has 0 aromatic rings. The van der Waals surface area contributed by atoms with Crippen molar-refractivity contribution in [2.24, 2.45) is 0 Å². The maximum absolute atomic E-state index is 10.1. The van der Waals surface area contributed by atoms with E-state index in [1.54, 1.807) is 17.6 Å². The lowest BCUT2D eigenvalue weighted by Gasteiger charge is -2.30. The number of hydrogen-bond acceptors (Lipinski definition) is 4. The minimum Gasteiger partial charge on any atom is -0.761 e. The Kier molecular flexibility index (Phi) is 4.82. The van der Waals surface area contributed by atoms with Crippen molar-refractivity contribution in [2.75, 3.05) is 26.2 Å². The fourth-order valence-electron chi connectivity index (χ4n) is 1.43. The topological polar surface area (TPSA) is 50.4 Å². The van der Waals surface area contributed by atoms with Gasteiger partial charge in [-0.1, -0.05) is 12.7 Å². The molecule has 1 heterocycles. The number of nitrogens with one attached hydrogen (secondary N) is 2. The molecule has 0 aromatic carbocycles. The van der Waals surface area contributed by atoms with Gasteiger partial charge in [-0.25, -0.2) is 0 Å². The van der Waals surface area contributed by atoms with Crippen LogP contribution in [0.5, 0.6) is 0 Å². The quantitative estimate of drug-likeness (QED) is 0.507. The Morgan fingerprint density at radius 3 is 2.71 bits per heavy atom. The number of allylic oxidation sites excluding steroid dienone is 3. The molecule has 0 unspecified atom stereocenters. The van der Waals surface area contributed by atoms with Gasteiger partial charge in [0.15, 0.2) is 0 Å². The average molecular weight is 194 g/mol. The Morgan fingerprint density at radius 1 is 1.43 bits per heavy atom. The van der Waals surface area contributed by atoms with Crippen molar-refractivity contribution in [1.82, 2.24) is 15.7 Å². The van der Waals surface area contributed by atoms with Crippen molar-refractivity contribution in [3.05, 3.63) is 41.9 Å². The molecule has 0 spiro atoms. The SMILES string of the molecule is C=C/C=C(\C=C/N[O-])N1CCNCC1. The first-order valence-electron chi connectivity index (χ1n) is 4.71. The zero-order chi connectivity index (χ0) is 10.2. The van der Waals surface area contributed by atoms with Gasteiger partial charge in [0.2, 0.25) is 0 Å². The van der Waals surface area contributed by atoms with Gasteiger partial charge in [0.25, 0.3) is 0 Å². The fraction of sp³-hybridized carbons (Fsp3) is 0.400. The van der Waals surface area contributed by atoms with Gasteiger partial charge in [-0.05, 0) is 18.4 Å². The molecule has 1 rings (SSSR count). The molecule has 4 nitrogen and oxygen atoms in total. The maximum atomic E-state index is 10.1. The molecule has 1 saturated heterocycles. The molecule has 0 aliphatic carbocycles. The highest BCUT2D eigenvalue weighted by molar-refractivity contribution is 5.22. The second-order valence-electron chi connectivity index (χ2n) is 3.02. The van der Waals surface area contributed by atoms with E-state index in [4.69, 9.17) is 0 Å². The second kappa shape index (κ2) is 6.23. The van der Waals surface area contributed by atoms with Crippen molar-refractivity contribution in [1.29, 1.82) is 0 Å². The third-order valence-electron chi connectivity index (χ3n) is 2.09. The van der Waals surface area contributed by atoms with Crippen LogP contribution in [-0.2, 0) is 0 Å². The molecule has 14 heavy (non-hydrogen) atoms. The van der Waals surface area contributed by atoms with Crippen LogP contribution in [0.2, 0.25) is 0 Å². The molecule has 0 aromatic heterocycles. The summed E-state index contributed by atoms with van der Waals surface area (Å²) in [5, 5.41) is 13.4. The molecular formula is C10H16N3O-. The first kappa shape index (κ1) is 10.8. The number of hydrogen-bond donors (Lipinski definition) is 2. The molecule has 0 amide bonds. The molecule has 0 radical (unpaired) electrons. The zero-order valence-electron chi connectivity index (χ0n) is 8.20. The lowest BCUT2D eigenvalue weighted by Crippen LogP contribution is -2.42. The van der Waals surface area contributed by atoms with Crippen LogP contribution in [0, 0.1) is 5.21 Å². The summed E-state index contributed by atoms with van der Waals surface area (Å²) in [4.78, 5) is 2.21. The maximum Gasteiger partial charge on any atom is 0.0381 e. The Bertz CT molecular complexity index is 230. The van der Waals surface area contributed by atoms with Crippen LogP contribution in [0.3, 0.4) is 0 Å². The number of piperazine rings is 1. The highest BCUT2D eigenvalue weighted by Gasteiger charge is 2.09. The first-order chi connectivity index (χ1) is 6.88. The van der Waals surface area contributed by atoms with E-state index in [-0.39, 0.29) is 0 Å².